The maximum atomic E-state index is 13.1. The monoisotopic (exact) mass is 324 g/mol. The maximum absolute atomic E-state index is 13.1. The number of allylic oxidation sites excluding steroid dienone is 1. The summed E-state index contributed by atoms with van der Waals surface area (Å²) in [6.45, 7) is 3.86. The highest BCUT2D eigenvalue weighted by Crippen LogP contribution is 2.53. The van der Waals surface area contributed by atoms with Crippen molar-refractivity contribution >= 4 is 11.6 Å². The summed E-state index contributed by atoms with van der Waals surface area (Å²) in [5.41, 5.74) is 2.35. The summed E-state index contributed by atoms with van der Waals surface area (Å²) in [6, 6.07) is 7.24. The first-order valence-electron chi connectivity index (χ1n) is 8.69. The van der Waals surface area contributed by atoms with Gasteiger partial charge in [0.2, 0.25) is 0 Å². The van der Waals surface area contributed by atoms with Crippen molar-refractivity contribution < 1.29 is 19.1 Å². The Labute approximate surface area is 140 Å². The number of hydrogen-bond donors (Lipinski definition) is 0. The van der Waals surface area contributed by atoms with Crippen molar-refractivity contribution in [3.05, 3.63) is 47.0 Å². The fraction of sp³-hybridized carbons (Fsp3) is 0.500. The van der Waals surface area contributed by atoms with Gasteiger partial charge in [-0.15, -0.1) is 0 Å². The molecule has 1 aromatic carbocycles. The predicted molar refractivity (Wildman–Crippen MR) is 86.7 cm³/mol. The zero-order valence-electron chi connectivity index (χ0n) is 13.8. The molecule has 0 radical (unpaired) electrons. The van der Waals surface area contributed by atoms with Gasteiger partial charge in [-0.1, -0.05) is 30.3 Å². The Hall–Kier alpha value is -1.78. The summed E-state index contributed by atoms with van der Waals surface area (Å²) in [5.74, 6) is -0.757. The maximum Gasteiger partial charge on any atom is 0.168 e. The first-order valence-corrected chi connectivity index (χ1v) is 8.69. The third kappa shape index (κ3) is 1.81. The van der Waals surface area contributed by atoms with E-state index in [1.54, 1.807) is 12.1 Å². The highest BCUT2D eigenvalue weighted by atomic mass is 16.8. The van der Waals surface area contributed by atoms with E-state index in [1.807, 2.05) is 26.0 Å². The van der Waals surface area contributed by atoms with Crippen LogP contribution >= 0.6 is 0 Å². The molecular weight excluding hydrogens is 304 g/mol. The molecule has 1 aliphatic heterocycles. The molecule has 0 bridgehead atoms. The molecule has 0 spiro atoms. The number of hydrogen-bond acceptors (Lipinski definition) is 4. The molecule has 0 amide bonds. The van der Waals surface area contributed by atoms with Crippen molar-refractivity contribution in [2.75, 3.05) is 0 Å². The lowest BCUT2D eigenvalue weighted by Crippen LogP contribution is -2.43. The molecule has 24 heavy (non-hydrogen) atoms. The van der Waals surface area contributed by atoms with Crippen LogP contribution in [0, 0.1) is 17.8 Å². The third-order valence-corrected chi connectivity index (χ3v) is 6.00. The van der Waals surface area contributed by atoms with Gasteiger partial charge in [0.1, 0.15) is 6.10 Å². The molecule has 1 saturated carbocycles. The summed E-state index contributed by atoms with van der Waals surface area (Å²) in [6.07, 6.45) is 3.46. The van der Waals surface area contributed by atoms with Gasteiger partial charge in [0.25, 0.3) is 0 Å². The molecule has 3 aliphatic carbocycles. The summed E-state index contributed by atoms with van der Waals surface area (Å²) < 4.78 is 12.1. The van der Waals surface area contributed by atoms with Crippen molar-refractivity contribution in [2.45, 2.75) is 44.7 Å². The van der Waals surface area contributed by atoms with Crippen molar-refractivity contribution in [3.63, 3.8) is 0 Å². The lowest BCUT2D eigenvalue weighted by Gasteiger charge is -2.38. The SMILES string of the molecule is CC1(C)OC2CC3C(=CCC4C(=O)c5ccccc5C(=O)C43)C2O1. The first kappa shape index (κ1) is 14.6. The van der Waals surface area contributed by atoms with Gasteiger partial charge in [0.15, 0.2) is 17.4 Å². The van der Waals surface area contributed by atoms with Crippen LogP contribution in [0.15, 0.2) is 35.9 Å². The summed E-state index contributed by atoms with van der Waals surface area (Å²) in [5, 5.41) is 0. The summed E-state index contributed by atoms with van der Waals surface area (Å²) in [4.78, 5) is 26.0. The van der Waals surface area contributed by atoms with Gasteiger partial charge in [0.05, 0.1) is 6.10 Å². The molecule has 1 heterocycles. The van der Waals surface area contributed by atoms with Gasteiger partial charge in [-0.2, -0.15) is 0 Å². The van der Waals surface area contributed by atoms with Crippen molar-refractivity contribution in [1.29, 1.82) is 0 Å². The number of carbonyl (C=O) groups excluding carboxylic acids is 2. The van der Waals surface area contributed by atoms with Crippen LogP contribution in [0.4, 0.5) is 0 Å². The van der Waals surface area contributed by atoms with Crippen LogP contribution in [0.25, 0.3) is 0 Å². The zero-order chi connectivity index (χ0) is 16.6. The second-order valence-corrected chi connectivity index (χ2v) is 7.78. The predicted octanol–water partition coefficient (Wildman–Crippen LogP) is 3.17. The van der Waals surface area contributed by atoms with Crippen molar-refractivity contribution in [1.82, 2.24) is 0 Å². The Kier molecular flexibility index (Phi) is 2.82. The van der Waals surface area contributed by atoms with E-state index in [-0.39, 0.29) is 41.5 Å². The van der Waals surface area contributed by atoms with E-state index in [4.69, 9.17) is 9.47 Å². The molecule has 5 unspecified atom stereocenters. The average Bonchev–Trinajstić information content (AvgIpc) is 3.03. The molecular formula is C20H20O4. The molecule has 0 N–H and O–H groups in total. The van der Waals surface area contributed by atoms with E-state index in [1.165, 1.54) is 5.57 Å². The Morgan fingerprint density at radius 1 is 1.00 bits per heavy atom. The molecule has 2 fully saturated rings. The first-order chi connectivity index (χ1) is 11.5. The second kappa shape index (κ2) is 4.64. The minimum Gasteiger partial charge on any atom is -0.344 e. The minimum absolute atomic E-state index is 0.00456. The van der Waals surface area contributed by atoms with E-state index in [9.17, 15) is 9.59 Å². The van der Waals surface area contributed by atoms with Gasteiger partial charge in [-0.05, 0) is 38.2 Å². The Morgan fingerprint density at radius 2 is 1.71 bits per heavy atom. The Bertz CT molecular complexity index is 791. The van der Waals surface area contributed by atoms with Crippen LogP contribution in [-0.4, -0.2) is 29.6 Å². The molecule has 0 aromatic heterocycles. The van der Waals surface area contributed by atoms with Crippen LogP contribution in [0.1, 0.15) is 47.4 Å². The smallest absolute Gasteiger partial charge is 0.168 e. The molecule has 4 heteroatoms. The number of fused-ring (bicyclic) bond motifs is 6. The standard InChI is InChI=1S/C20H20O4/c1-20(2)23-15-9-14-12(19(15)24-20)7-8-13-16(14)18(22)11-6-4-3-5-10(11)17(13)21/h3-7,13-16,19H,8-9H2,1-2H3. The number of carbonyl (C=O) groups is 2. The Morgan fingerprint density at radius 3 is 2.46 bits per heavy atom. The highest BCUT2D eigenvalue weighted by Gasteiger charge is 2.57. The van der Waals surface area contributed by atoms with E-state index in [0.29, 0.717) is 17.5 Å². The highest BCUT2D eigenvalue weighted by molar-refractivity contribution is 6.16. The van der Waals surface area contributed by atoms with E-state index < -0.39 is 5.79 Å². The van der Waals surface area contributed by atoms with Gasteiger partial charge >= 0.3 is 0 Å². The molecule has 1 saturated heterocycles. The van der Waals surface area contributed by atoms with Crippen molar-refractivity contribution in [3.8, 4) is 0 Å². The van der Waals surface area contributed by atoms with Gasteiger partial charge < -0.3 is 9.47 Å². The van der Waals surface area contributed by atoms with E-state index >= 15 is 0 Å². The van der Waals surface area contributed by atoms with Gasteiger partial charge in [0, 0.05) is 23.0 Å². The van der Waals surface area contributed by atoms with Crippen LogP contribution in [0.3, 0.4) is 0 Å². The second-order valence-electron chi connectivity index (χ2n) is 7.78. The van der Waals surface area contributed by atoms with E-state index in [2.05, 4.69) is 6.08 Å². The third-order valence-electron chi connectivity index (χ3n) is 6.00. The normalized spacial score (nSPS) is 38.9. The van der Waals surface area contributed by atoms with Crippen LogP contribution in [-0.2, 0) is 9.47 Å². The molecule has 124 valence electrons. The van der Waals surface area contributed by atoms with Crippen LogP contribution in [0.5, 0.6) is 0 Å². The summed E-state index contributed by atoms with van der Waals surface area (Å²) >= 11 is 0. The lowest BCUT2D eigenvalue weighted by atomic mass is 9.63. The number of ketones is 2. The quantitative estimate of drug-likeness (QED) is 0.688. The molecule has 1 aromatic rings. The average molecular weight is 324 g/mol. The fourth-order valence-electron chi connectivity index (χ4n) is 5.13. The largest absolute Gasteiger partial charge is 0.344 e. The summed E-state index contributed by atoms with van der Waals surface area (Å²) in [7, 11) is 0. The molecule has 4 aliphatic rings. The number of Topliss-reactive ketones (excluding diaryl/α,β-unsaturated/α-hetero) is 2. The molecule has 4 nitrogen and oxygen atoms in total. The molecule has 5 rings (SSSR count). The minimum atomic E-state index is -0.572. The number of rotatable bonds is 0. The lowest BCUT2D eigenvalue weighted by molar-refractivity contribution is -0.149. The number of benzene rings is 1. The van der Waals surface area contributed by atoms with Crippen LogP contribution in [0.2, 0.25) is 0 Å². The van der Waals surface area contributed by atoms with Crippen molar-refractivity contribution in [2.24, 2.45) is 17.8 Å². The van der Waals surface area contributed by atoms with Gasteiger partial charge in [-0.3, -0.25) is 9.59 Å². The zero-order valence-corrected chi connectivity index (χ0v) is 13.8. The van der Waals surface area contributed by atoms with E-state index in [0.717, 1.165) is 6.42 Å². The fourth-order valence-corrected chi connectivity index (χ4v) is 5.13. The van der Waals surface area contributed by atoms with Gasteiger partial charge in [-0.25, -0.2) is 0 Å². The molecule has 5 atom stereocenters. The topological polar surface area (TPSA) is 52.6 Å². The Balaban J connectivity index is 1.56. The van der Waals surface area contributed by atoms with Crippen LogP contribution < -0.4 is 0 Å². The number of ether oxygens (including phenoxy) is 2.